The molecule has 2 aromatic rings. The van der Waals surface area contributed by atoms with E-state index in [9.17, 15) is 4.79 Å². The molecule has 0 saturated carbocycles. The summed E-state index contributed by atoms with van der Waals surface area (Å²) >= 11 is 0. The number of hydrogen-bond donors (Lipinski definition) is 1. The molecule has 116 valence electrons. The van der Waals surface area contributed by atoms with Crippen molar-refractivity contribution in [3.63, 3.8) is 0 Å². The summed E-state index contributed by atoms with van der Waals surface area (Å²) in [5.74, 6) is 0. The first-order chi connectivity index (χ1) is 10.5. The Morgan fingerprint density at radius 2 is 1.77 bits per heavy atom. The molecule has 0 aliphatic rings. The third kappa shape index (κ3) is 3.48. The second-order valence-corrected chi connectivity index (χ2v) is 5.69. The van der Waals surface area contributed by atoms with Crippen LogP contribution in [-0.4, -0.2) is 12.1 Å². The summed E-state index contributed by atoms with van der Waals surface area (Å²) in [5.41, 5.74) is 4.08. The van der Waals surface area contributed by atoms with Crippen LogP contribution in [0.1, 0.15) is 31.9 Å². The Balaban J connectivity index is 2.31. The van der Waals surface area contributed by atoms with Gasteiger partial charge in [0.15, 0.2) is 0 Å². The molecule has 3 heteroatoms. The first-order valence-electron chi connectivity index (χ1n) is 7.78. The third-order valence-electron chi connectivity index (χ3n) is 3.74. The van der Waals surface area contributed by atoms with Crippen molar-refractivity contribution in [1.82, 2.24) is 0 Å². The van der Waals surface area contributed by atoms with Gasteiger partial charge in [0.2, 0.25) is 0 Å². The largest absolute Gasteiger partial charge is 0.326 e. The van der Waals surface area contributed by atoms with Crippen molar-refractivity contribution in [2.45, 2.75) is 40.2 Å². The molecule has 2 aromatic carbocycles. The zero-order chi connectivity index (χ0) is 16.1. The van der Waals surface area contributed by atoms with E-state index in [1.165, 1.54) is 0 Å². The average molecular weight is 296 g/mol. The Bertz CT molecular complexity index is 635. The van der Waals surface area contributed by atoms with E-state index in [0.29, 0.717) is 0 Å². The zero-order valence-electron chi connectivity index (χ0n) is 13.8. The molecule has 3 nitrogen and oxygen atoms in total. The second kappa shape index (κ2) is 7.12. The van der Waals surface area contributed by atoms with Crippen molar-refractivity contribution in [2.75, 3.05) is 10.2 Å². The van der Waals surface area contributed by atoms with Crippen LogP contribution < -0.4 is 10.2 Å². The molecule has 0 fully saturated rings. The summed E-state index contributed by atoms with van der Waals surface area (Å²) in [6.07, 6.45) is 0.893. The molecule has 0 aliphatic carbocycles. The van der Waals surface area contributed by atoms with Crippen molar-refractivity contribution >= 4 is 17.4 Å². The van der Waals surface area contributed by atoms with Crippen LogP contribution in [0, 0.1) is 6.92 Å². The van der Waals surface area contributed by atoms with E-state index >= 15 is 0 Å². The van der Waals surface area contributed by atoms with Gasteiger partial charge in [0.1, 0.15) is 0 Å². The Morgan fingerprint density at radius 3 is 2.36 bits per heavy atom. The van der Waals surface area contributed by atoms with Crippen LogP contribution in [0.25, 0.3) is 0 Å². The van der Waals surface area contributed by atoms with Gasteiger partial charge in [-0.05, 0) is 50.5 Å². The van der Waals surface area contributed by atoms with Gasteiger partial charge in [0.25, 0.3) is 0 Å². The molecule has 0 heterocycles. The molecule has 0 atom stereocenters. The van der Waals surface area contributed by atoms with Crippen molar-refractivity contribution in [2.24, 2.45) is 0 Å². The normalized spacial score (nSPS) is 10.6. The lowest BCUT2D eigenvalue weighted by Crippen LogP contribution is -2.40. The lowest BCUT2D eigenvalue weighted by Gasteiger charge is -2.28. The van der Waals surface area contributed by atoms with Gasteiger partial charge in [-0.2, -0.15) is 0 Å². The third-order valence-corrected chi connectivity index (χ3v) is 3.74. The average Bonchev–Trinajstić information content (AvgIpc) is 2.50. The summed E-state index contributed by atoms with van der Waals surface area (Å²) in [7, 11) is 0. The highest BCUT2D eigenvalue weighted by Crippen LogP contribution is 2.23. The predicted molar refractivity (Wildman–Crippen MR) is 93.6 cm³/mol. The van der Waals surface area contributed by atoms with Gasteiger partial charge < -0.3 is 5.32 Å². The number of nitrogens with zero attached hydrogens (tertiary/aromatic N) is 1. The molecule has 0 aromatic heterocycles. The molecular weight excluding hydrogens is 272 g/mol. The zero-order valence-corrected chi connectivity index (χ0v) is 13.8. The minimum Gasteiger partial charge on any atom is -0.307 e. The quantitative estimate of drug-likeness (QED) is 0.845. The van der Waals surface area contributed by atoms with Gasteiger partial charge >= 0.3 is 6.03 Å². The van der Waals surface area contributed by atoms with Crippen molar-refractivity contribution < 1.29 is 4.79 Å². The fourth-order valence-corrected chi connectivity index (χ4v) is 2.61. The summed E-state index contributed by atoms with van der Waals surface area (Å²) in [5, 5.41) is 3.10. The number of carbonyl (C=O) groups excluding carboxylic acids is 1. The van der Waals surface area contributed by atoms with Gasteiger partial charge in [0, 0.05) is 17.4 Å². The molecule has 0 aliphatic heterocycles. The van der Waals surface area contributed by atoms with E-state index in [4.69, 9.17) is 0 Å². The Hall–Kier alpha value is -2.29. The van der Waals surface area contributed by atoms with E-state index < -0.39 is 0 Å². The topological polar surface area (TPSA) is 32.3 Å². The van der Waals surface area contributed by atoms with Crippen LogP contribution in [0.15, 0.2) is 48.5 Å². The predicted octanol–water partition coefficient (Wildman–Crippen LogP) is 5.00. The molecule has 1 N–H and O–H groups in total. The fraction of sp³-hybridized carbons (Fsp3) is 0.316. The number of hydrogen-bond acceptors (Lipinski definition) is 1. The number of amides is 2. The van der Waals surface area contributed by atoms with Crippen LogP contribution >= 0.6 is 0 Å². The monoisotopic (exact) mass is 296 g/mol. The Kier molecular flexibility index (Phi) is 5.21. The first-order valence-corrected chi connectivity index (χ1v) is 7.78. The smallest absolute Gasteiger partial charge is 0.307 e. The number of aryl methyl sites for hydroxylation is 2. The van der Waals surface area contributed by atoms with E-state index in [0.717, 1.165) is 28.9 Å². The highest BCUT2D eigenvalue weighted by Gasteiger charge is 2.20. The van der Waals surface area contributed by atoms with E-state index in [-0.39, 0.29) is 12.1 Å². The van der Waals surface area contributed by atoms with Crippen LogP contribution in [0.3, 0.4) is 0 Å². The van der Waals surface area contributed by atoms with Gasteiger partial charge in [-0.25, -0.2) is 4.79 Å². The Morgan fingerprint density at radius 1 is 1.09 bits per heavy atom. The number of rotatable bonds is 4. The number of para-hydroxylation sites is 2. The van der Waals surface area contributed by atoms with Crippen molar-refractivity contribution in [3.05, 3.63) is 59.7 Å². The number of anilines is 2. The van der Waals surface area contributed by atoms with E-state index in [2.05, 4.69) is 18.3 Å². The maximum absolute atomic E-state index is 12.8. The fourth-order valence-electron chi connectivity index (χ4n) is 2.61. The van der Waals surface area contributed by atoms with Crippen LogP contribution in [0.4, 0.5) is 16.2 Å². The molecule has 0 radical (unpaired) electrons. The van der Waals surface area contributed by atoms with Gasteiger partial charge in [-0.1, -0.05) is 43.3 Å². The molecule has 2 rings (SSSR count). The number of urea groups is 1. The summed E-state index contributed by atoms with van der Waals surface area (Å²) in [6.45, 7) is 8.16. The number of nitrogens with one attached hydrogen (secondary N) is 1. The molecule has 22 heavy (non-hydrogen) atoms. The highest BCUT2D eigenvalue weighted by molar-refractivity contribution is 6.03. The summed E-state index contributed by atoms with van der Waals surface area (Å²) in [6, 6.07) is 15.9. The molecular formula is C19H24N2O. The maximum atomic E-state index is 12.8. The highest BCUT2D eigenvalue weighted by atomic mass is 16.2. The maximum Gasteiger partial charge on any atom is 0.326 e. The summed E-state index contributed by atoms with van der Waals surface area (Å²) in [4.78, 5) is 14.6. The van der Waals surface area contributed by atoms with Gasteiger partial charge in [-0.3, -0.25) is 4.90 Å². The summed E-state index contributed by atoms with van der Waals surface area (Å²) < 4.78 is 0. The lowest BCUT2D eigenvalue weighted by atomic mass is 10.1. The Labute approximate surface area is 133 Å². The van der Waals surface area contributed by atoms with Crippen molar-refractivity contribution in [3.8, 4) is 0 Å². The lowest BCUT2D eigenvalue weighted by molar-refractivity contribution is 0.255. The number of carbonyl (C=O) groups is 1. The molecule has 0 saturated heterocycles. The van der Waals surface area contributed by atoms with E-state index in [1.807, 2.05) is 63.2 Å². The van der Waals surface area contributed by atoms with Gasteiger partial charge in [0.05, 0.1) is 0 Å². The molecule has 2 amide bonds. The van der Waals surface area contributed by atoms with Crippen LogP contribution in [-0.2, 0) is 6.42 Å². The first kappa shape index (κ1) is 16.1. The molecule has 0 bridgehead atoms. The van der Waals surface area contributed by atoms with Crippen LogP contribution in [0.5, 0.6) is 0 Å². The molecule has 0 spiro atoms. The van der Waals surface area contributed by atoms with E-state index in [1.54, 1.807) is 4.90 Å². The SMILES string of the molecule is CCc1cccc(C)c1NC(=O)N(c1ccccc1)C(C)C. The minimum atomic E-state index is -0.0924. The number of benzene rings is 2. The van der Waals surface area contributed by atoms with Crippen LogP contribution in [0.2, 0.25) is 0 Å². The minimum absolute atomic E-state index is 0.0801. The standard InChI is InChI=1S/C19H24N2O/c1-5-16-11-9-10-15(4)18(16)20-19(22)21(14(2)3)17-12-7-6-8-13-17/h6-14H,5H2,1-4H3,(H,20,22). The molecule has 0 unspecified atom stereocenters. The van der Waals surface area contributed by atoms with Crippen molar-refractivity contribution in [1.29, 1.82) is 0 Å². The van der Waals surface area contributed by atoms with Gasteiger partial charge in [-0.15, -0.1) is 0 Å². The second-order valence-electron chi connectivity index (χ2n) is 5.69.